The highest BCUT2D eigenvalue weighted by Gasteiger charge is 2.16. The number of hydrogen-bond acceptors (Lipinski definition) is 7. The average Bonchev–Trinajstić information content (AvgIpc) is 2.53. The summed E-state index contributed by atoms with van der Waals surface area (Å²) in [7, 11) is 1.30. The Morgan fingerprint density at radius 3 is 2.58 bits per heavy atom. The maximum atomic E-state index is 12.2. The predicted octanol–water partition coefficient (Wildman–Crippen LogP) is 1.26. The van der Waals surface area contributed by atoms with Gasteiger partial charge in [0, 0.05) is 11.8 Å². The lowest BCUT2D eigenvalue weighted by atomic mass is 10.2. The molecule has 9 heteroatoms. The van der Waals surface area contributed by atoms with Gasteiger partial charge in [-0.15, -0.1) is 0 Å². The first-order valence-electron chi connectivity index (χ1n) is 6.92. The van der Waals surface area contributed by atoms with E-state index in [1.165, 1.54) is 7.11 Å². The summed E-state index contributed by atoms with van der Waals surface area (Å²) < 4.78 is 4.61. The van der Waals surface area contributed by atoms with E-state index < -0.39 is 11.2 Å². The van der Waals surface area contributed by atoms with Gasteiger partial charge in [-0.1, -0.05) is 11.8 Å². The van der Waals surface area contributed by atoms with Crippen molar-refractivity contribution in [1.29, 1.82) is 0 Å². The van der Waals surface area contributed by atoms with E-state index in [1.54, 1.807) is 31.2 Å². The molecule has 0 saturated carbocycles. The summed E-state index contributed by atoms with van der Waals surface area (Å²) in [4.78, 5) is 41.3. The Balaban J connectivity index is 2.00. The zero-order valence-corrected chi connectivity index (χ0v) is 13.8. The average molecular weight is 348 g/mol. The van der Waals surface area contributed by atoms with Crippen LogP contribution in [-0.2, 0) is 9.53 Å². The number of anilines is 2. The lowest BCUT2D eigenvalue weighted by molar-refractivity contribution is -0.115. The number of rotatable bonds is 5. The van der Waals surface area contributed by atoms with Crippen molar-refractivity contribution in [2.75, 3.05) is 18.2 Å². The molecule has 2 rings (SSSR count). The van der Waals surface area contributed by atoms with Gasteiger partial charge in [-0.2, -0.15) is 0 Å². The number of H-pyrrole nitrogens is 1. The zero-order chi connectivity index (χ0) is 17.7. The molecule has 0 aliphatic carbocycles. The van der Waals surface area contributed by atoms with E-state index >= 15 is 0 Å². The molecule has 4 N–H and O–H groups in total. The van der Waals surface area contributed by atoms with Crippen LogP contribution in [0.1, 0.15) is 17.3 Å². The standard InChI is InChI=1S/C15H16N4O4S/c1-8(24-15-18-11(16)7-12(20)19-15)13(21)17-10-5-3-9(4-6-10)14(22)23-2/h3-8H,1-2H3,(H,17,21)(H3,16,18,19,20)/t8-/m1/s1. The van der Waals surface area contributed by atoms with Crippen molar-refractivity contribution in [3.05, 3.63) is 46.2 Å². The molecule has 1 heterocycles. The molecule has 1 atom stereocenters. The Hall–Kier alpha value is -2.81. The highest BCUT2D eigenvalue weighted by atomic mass is 32.2. The smallest absolute Gasteiger partial charge is 0.337 e. The number of aromatic nitrogens is 2. The highest BCUT2D eigenvalue weighted by Crippen LogP contribution is 2.20. The Bertz CT molecular complexity index is 804. The van der Waals surface area contributed by atoms with Gasteiger partial charge < -0.3 is 20.8 Å². The van der Waals surface area contributed by atoms with E-state index in [1.807, 2.05) is 0 Å². The highest BCUT2D eigenvalue weighted by molar-refractivity contribution is 8.00. The molecule has 8 nitrogen and oxygen atoms in total. The predicted molar refractivity (Wildman–Crippen MR) is 91.0 cm³/mol. The number of nitrogen functional groups attached to an aromatic ring is 1. The Morgan fingerprint density at radius 1 is 1.33 bits per heavy atom. The maximum absolute atomic E-state index is 12.2. The van der Waals surface area contributed by atoms with E-state index in [-0.39, 0.29) is 22.4 Å². The number of thioether (sulfide) groups is 1. The zero-order valence-electron chi connectivity index (χ0n) is 13.0. The molecule has 0 aliphatic rings. The first kappa shape index (κ1) is 17.5. The summed E-state index contributed by atoms with van der Waals surface area (Å²) in [6, 6.07) is 7.47. The summed E-state index contributed by atoms with van der Waals surface area (Å²) in [5, 5.41) is 2.46. The fourth-order valence-electron chi connectivity index (χ4n) is 1.78. The SMILES string of the molecule is COC(=O)c1ccc(NC(=O)[C@@H](C)Sc2nc(N)cc(=O)[nH]2)cc1. The van der Waals surface area contributed by atoms with Crippen LogP contribution in [0.15, 0.2) is 40.3 Å². The third kappa shape index (κ3) is 4.59. The van der Waals surface area contributed by atoms with Crippen molar-refractivity contribution in [3.8, 4) is 0 Å². The van der Waals surface area contributed by atoms with Crippen LogP contribution < -0.4 is 16.6 Å². The van der Waals surface area contributed by atoms with Crippen LogP contribution in [0.3, 0.4) is 0 Å². The molecule has 126 valence electrons. The fraction of sp³-hybridized carbons (Fsp3) is 0.200. The van der Waals surface area contributed by atoms with Crippen molar-refractivity contribution in [2.45, 2.75) is 17.3 Å². The number of benzene rings is 1. The molecular weight excluding hydrogens is 332 g/mol. The van der Waals surface area contributed by atoms with E-state index in [9.17, 15) is 14.4 Å². The van der Waals surface area contributed by atoms with Gasteiger partial charge in [-0.05, 0) is 31.2 Å². The summed E-state index contributed by atoms with van der Waals surface area (Å²) in [5.41, 5.74) is 6.05. The molecule has 0 unspecified atom stereocenters. The van der Waals surface area contributed by atoms with E-state index in [4.69, 9.17) is 5.73 Å². The second-order valence-electron chi connectivity index (χ2n) is 4.79. The molecule has 0 radical (unpaired) electrons. The largest absolute Gasteiger partial charge is 0.465 e. The minimum atomic E-state index is -0.518. The van der Waals surface area contributed by atoms with Crippen molar-refractivity contribution in [2.24, 2.45) is 0 Å². The number of nitrogens with zero attached hydrogens (tertiary/aromatic N) is 1. The Labute approximate surface area is 141 Å². The van der Waals surface area contributed by atoms with Gasteiger partial charge in [0.25, 0.3) is 5.56 Å². The van der Waals surface area contributed by atoms with Gasteiger partial charge in [0.1, 0.15) is 5.82 Å². The molecule has 1 aromatic heterocycles. The number of amides is 1. The van der Waals surface area contributed by atoms with Crippen molar-refractivity contribution < 1.29 is 14.3 Å². The number of ether oxygens (including phenoxy) is 1. The van der Waals surface area contributed by atoms with E-state index in [0.717, 1.165) is 17.8 Å². The van der Waals surface area contributed by atoms with Gasteiger partial charge in [0.2, 0.25) is 5.91 Å². The first-order valence-corrected chi connectivity index (χ1v) is 7.79. The molecule has 2 aromatic rings. The van der Waals surface area contributed by atoms with Gasteiger partial charge in [0.15, 0.2) is 5.16 Å². The van der Waals surface area contributed by atoms with E-state index in [2.05, 4.69) is 20.0 Å². The molecule has 0 spiro atoms. The Morgan fingerprint density at radius 2 is 2.00 bits per heavy atom. The fourth-order valence-corrected chi connectivity index (χ4v) is 2.60. The summed E-state index contributed by atoms with van der Waals surface area (Å²) in [6.45, 7) is 1.67. The number of aromatic amines is 1. The van der Waals surface area contributed by atoms with Crippen LogP contribution in [0.5, 0.6) is 0 Å². The first-order chi connectivity index (χ1) is 11.4. The minimum absolute atomic E-state index is 0.0901. The second kappa shape index (κ2) is 7.64. The lowest BCUT2D eigenvalue weighted by Crippen LogP contribution is -2.23. The van der Waals surface area contributed by atoms with Crippen molar-refractivity contribution in [3.63, 3.8) is 0 Å². The molecule has 0 aliphatic heterocycles. The number of hydrogen-bond donors (Lipinski definition) is 3. The normalized spacial score (nSPS) is 11.6. The second-order valence-corrected chi connectivity index (χ2v) is 6.12. The number of nitrogens with two attached hydrogens (primary N) is 1. The molecule has 24 heavy (non-hydrogen) atoms. The number of esters is 1. The number of methoxy groups -OCH3 is 1. The molecular formula is C15H16N4O4S. The number of carbonyl (C=O) groups is 2. The monoisotopic (exact) mass is 348 g/mol. The summed E-state index contributed by atoms with van der Waals surface area (Å²) >= 11 is 1.08. The molecule has 0 fully saturated rings. The lowest BCUT2D eigenvalue weighted by Gasteiger charge is -2.11. The topological polar surface area (TPSA) is 127 Å². The summed E-state index contributed by atoms with van der Waals surface area (Å²) in [5.74, 6) is -0.642. The number of nitrogens with one attached hydrogen (secondary N) is 2. The van der Waals surface area contributed by atoms with Gasteiger partial charge in [-0.25, -0.2) is 9.78 Å². The molecule has 0 saturated heterocycles. The quantitative estimate of drug-likeness (QED) is 0.421. The minimum Gasteiger partial charge on any atom is -0.465 e. The van der Waals surface area contributed by atoms with Crippen LogP contribution in [0, 0.1) is 0 Å². The molecule has 0 bridgehead atoms. The van der Waals surface area contributed by atoms with Crippen LogP contribution in [0.25, 0.3) is 0 Å². The third-order valence-corrected chi connectivity index (χ3v) is 3.96. The third-order valence-electron chi connectivity index (χ3n) is 2.97. The molecule has 1 amide bonds. The van der Waals surface area contributed by atoms with Gasteiger partial charge in [0.05, 0.1) is 17.9 Å². The summed E-state index contributed by atoms with van der Waals surface area (Å²) in [6.07, 6.45) is 0. The van der Waals surface area contributed by atoms with Gasteiger partial charge >= 0.3 is 5.97 Å². The van der Waals surface area contributed by atoms with Gasteiger partial charge in [-0.3, -0.25) is 9.59 Å². The number of carbonyl (C=O) groups excluding carboxylic acids is 2. The van der Waals surface area contributed by atoms with Crippen molar-refractivity contribution in [1.82, 2.24) is 9.97 Å². The van der Waals surface area contributed by atoms with Crippen LogP contribution >= 0.6 is 11.8 Å². The van der Waals surface area contributed by atoms with E-state index in [0.29, 0.717) is 11.3 Å². The van der Waals surface area contributed by atoms with Crippen LogP contribution in [-0.4, -0.2) is 34.2 Å². The Kier molecular flexibility index (Phi) is 5.59. The van der Waals surface area contributed by atoms with Crippen LogP contribution in [0.2, 0.25) is 0 Å². The van der Waals surface area contributed by atoms with Crippen molar-refractivity contribution >= 4 is 35.1 Å². The van der Waals surface area contributed by atoms with Crippen LogP contribution in [0.4, 0.5) is 11.5 Å². The molecule has 1 aromatic carbocycles. The maximum Gasteiger partial charge on any atom is 0.337 e.